The van der Waals surface area contributed by atoms with E-state index in [-0.39, 0.29) is 5.97 Å². The molecular weight excluding hydrogens is 154 g/mol. The maximum absolute atomic E-state index is 10.4. The molecule has 0 N–H and O–H groups in total. The largest absolute Gasteiger partial charge is 0.466 e. The molecule has 0 saturated carbocycles. The van der Waals surface area contributed by atoms with Crippen molar-refractivity contribution in [3.8, 4) is 0 Å². The van der Waals surface area contributed by atoms with E-state index in [1.165, 1.54) is 6.92 Å². The zero-order valence-corrected chi connectivity index (χ0v) is 7.62. The van der Waals surface area contributed by atoms with Crippen molar-refractivity contribution in [3.63, 3.8) is 0 Å². The van der Waals surface area contributed by atoms with Gasteiger partial charge in [0.05, 0.1) is 6.61 Å². The number of esters is 1. The highest BCUT2D eigenvalue weighted by Crippen LogP contribution is 2.09. The number of hydrogen-bond acceptors (Lipinski definition) is 3. The fraction of sp³-hybridized carbons (Fsp3) is 0.667. The maximum atomic E-state index is 10.4. The summed E-state index contributed by atoms with van der Waals surface area (Å²) in [6.45, 7) is 2.97. The first-order valence-corrected chi connectivity index (χ1v) is 4.20. The van der Waals surface area contributed by atoms with E-state index in [2.05, 4.69) is 24.1 Å². The molecule has 3 heteroatoms. The Morgan fingerprint density at radius 2 is 2.50 bits per heavy atom. The van der Waals surface area contributed by atoms with Gasteiger partial charge in [0.25, 0.3) is 0 Å². The predicted molar refractivity (Wildman–Crippen MR) is 46.8 cm³/mol. The fourth-order valence-corrected chi connectivity index (χ4v) is 1.31. The molecule has 1 aliphatic rings. The Kier molecular flexibility index (Phi) is 3.29. The Balaban J connectivity index is 2.14. The molecule has 0 radical (unpaired) electrons. The van der Waals surface area contributed by atoms with Crippen molar-refractivity contribution < 1.29 is 9.53 Å². The van der Waals surface area contributed by atoms with Crippen LogP contribution in [0.5, 0.6) is 0 Å². The van der Waals surface area contributed by atoms with Gasteiger partial charge in [-0.15, -0.1) is 0 Å². The van der Waals surface area contributed by atoms with Crippen molar-refractivity contribution in [1.29, 1.82) is 0 Å². The molecule has 0 saturated heterocycles. The van der Waals surface area contributed by atoms with Crippen LogP contribution in [0.4, 0.5) is 0 Å². The Hall–Kier alpha value is -0.830. The van der Waals surface area contributed by atoms with Crippen LogP contribution in [0.1, 0.15) is 13.3 Å². The van der Waals surface area contributed by atoms with Crippen molar-refractivity contribution in [3.05, 3.63) is 12.2 Å². The molecule has 0 aliphatic carbocycles. The predicted octanol–water partition coefficient (Wildman–Crippen LogP) is 0.810. The highest BCUT2D eigenvalue weighted by atomic mass is 16.5. The van der Waals surface area contributed by atoms with Crippen LogP contribution in [0.3, 0.4) is 0 Å². The second-order valence-electron chi connectivity index (χ2n) is 3.06. The Bertz CT molecular complexity index is 189. The molecule has 0 spiro atoms. The van der Waals surface area contributed by atoms with Crippen LogP contribution >= 0.6 is 0 Å². The molecule has 12 heavy (non-hydrogen) atoms. The minimum Gasteiger partial charge on any atom is -0.466 e. The number of rotatable bonds is 3. The van der Waals surface area contributed by atoms with Crippen LogP contribution in [0.15, 0.2) is 12.2 Å². The summed E-state index contributed by atoms with van der Waals surface area (Å²) in [6.07, 6.45) is 5.19. The Morgan fingerprint density at radius 1 is 1.75 bits per heavy atom. The second kappa shape index (κ2) is 4.26. The summed E-state index contributed by atoms with van der Waals surface area (Å²) in [4.78, 5) is 12.7. The molecule has 1 atom stereocenters. The quantitative estimate of drug-likeness (QED) is 0.462. The molecule has 68 valence electrons. The zero-order valence-electron chi connectivity index (χ0n) is 7.62. The standard InChI is InChI=1S/C9H15NO2/c1-8(11)12-7-5-9-4-3-6-10(9)2/h3-4,9H,5-7H2,1-2H3. The third-order valence-electron chi connectivity index (χ3n) is 2.04. The van der Waals surface area contributed by atoms with Crippen molar-refractivity contribution in [2.75, 3.05) is 20.2 Å². The van der Waals surface area contributed by atoms with Crippen LogP contribution in [-0.2, 0) is 9.53 Å². The number of carbonyl (C=O) groups excluding carboxylic acids is 1. The van der Waals surface area contributed by atoms with Gasteiger partial charge in [0, 0.05) is 25.9 Å². The lowest BCUT2D eigenvalue weighted by atomic mass is 10.2. The van der Waals surface area contributed by atoms with Gasteiger partial charge in [0.2, 0.25) is 0 Å². The zero-order chi connectivity index (χ0) is 8.97. The second-order valence-corrected chi connectivity index (χ2v) is 3.06. The van der Waals surface area contributed by atoms with Gasteiger partial charge in [-0.2, -0.15) is 0 Å². The first kappa shape index (κ1) is 9.26. The number of ether oxygens (including phenoxy) is 1. The van der Waals surface area contributed by atoms with E-state index >= 15 is 0 Å². The van der Waals surface area contributed by atoms with Crippen molar-refractivity contribution in [2.24, 2.45) is 0 Å². The monoisotopic (exact) mass is 169 g/mol. The van der Waals surface area contributed by atoms with Gasteiger partial charge >= 0.3 is 5.97 Å². The molecule has 1 aliphatic heterocycles. The summed E-state index contributed by atoms with van der Waals surface area (Å²) in [5.41, 5.74) is 0. The highest BCUT2D eigenvalue weighted by Gasteiger charge is 2.14. The van der Waals surface area contributed by atoms with Crippen LogP contribution in [0.25, 0.3) is 0 Å². The smallest absolute Gasteiger partial charge is 0.302 e. The van der Waals surface area contributed by atoms with E-state index in [0.29, 0.717) is 12.6 Å². The van der Waals surface area contributed by atoms with Crippen LogP contribution in [-0.4, -0.2) is 37.1 Å². The van der Waals surface area contributed by atoms with Gasteiger partial charge in [0.15, 0.2) is 0 Å². The average molecular weight is 169 g/mol. The van der Waals surface area contributed by atoms with E-state index < -0.39 is 0 Å². The summed E-state index contributed by atoms with van der Waals surface area (Å²) in [5, 5.41) is 0. The molecule has 1 heterocycles. The summed E-state index contributed by atoms with van der Waals surface area (Å²) < 4.78 is 4.85. The normalized spacial score (nSPS) is 23.0. The number of hydrogen-bond donors (Lipinski definition) is 0. The van der Waals surface area contributed by atoms with Crippen molar-refractivity contribution in [2.45, 2.75) is 19.4 Å². The maximum Gasteiger partial charge on any atom is 0.302 e. The summed E-state index contributed by atoms with van der Waals surface area (Å²) >= 11 is 0. The minimum atomic E-state index is -0.195. The molecule has 3 nitrogen and oxygen atoms in total. The topological polar surface area (TPSA) is 29.5 Å². The Labute approximate surface area is 73.0 Å². The third-order valence-corrected chi connectivity index (χ3v) is 2.04. The Morgan fingerprint density at radius 3 is 3.00 bits per heavy atom. The van der Waals surface area contributed by atoms with Gasteiger partial charge in [0.1, 0.15) is 0 Å². The lowest BCUT2D eigenvalue weighted by molar-refractivity contribution is -0.141. The summed E-state index contributed by atoms with van der Waals surface area (Å²) in [6, 6.07) is 0.448. The lowest BCUT2D eigenvalue weighted by Gasteiger charge is -2.18. The molecule has 0 fully saturated rings. The molecule has 1 rings (SSSR count). The van der Waals surface area contributed by atoms with E-state index in [9.17, 15) is 4.79 Å². The van der Waals surface area contributed by atoms with Crippen LogP contribution in [0.2, 0.25) is 0 Å². The molecule has 0 aromatic rings. The van der Waals surface area contributed by atoms with E-state index in [0.717, 1.165) is 13.0 Å². The van der Waals surface area contributed by atoms with E-state index in [4.69, 9.17) is 4.74 Å². The molecular formula is C9H15NO2. The highest BCUT2D eigenvalue weighted by molar-refractivity contribution is 5.65. The number of nitrogens with zero attached hydrogens (tertiary/aromatic N) is 1. The van der Waals surface area contributed by atoms with Crippen molar-refractivity contribution in [1.82, 2.24) is 4.90 Å². The first-order chi connectivity index (χ1) is 5.70. The molecule has 0 bridgehead atoms. The molecule has 0 aromatic heterocycles. The number of carbonyl (C=O) groups is 1. The minimum absolute atomic E-state index is 0.195. The van der Waals surface area contributed by atoms with Gasteiger partial charge in [-0.3, -0.25) is 9.69 Å². The van der Waals surface area contributed by atoms with Gasteiger partial charge in [-0.1, -0.05) is 12.2 Å². The molecule has 1 unspecified atom stereocenters. The van der Waals surface area contributed by atoms with Gasteiger partial charge in [-0.25, -0.2) is 0 Å². The lowest BCUT2D eigenvalue weighted by Crippen LogP contribution is -2.26. The summed E-state index contributed by atoms with van der Waals surface area (Å²) in [7, 11) is 2.07. The average Bonchev–Trinajstić information content (AvgIpc) is 2.36. The van der Waals surface area contributed by atoms with Crippen LogP contribution < -0.4 is 0 Å². The molecule has 0 amide bonds. The van der Waals surface area contributed by atoms with E-state index in [1.807, 2.05) is 0 Å². The van der Waals surface area contributed by atoms with Gasteiger partial charge in [-0.05, 0) is 7.05 Å². The van der Waals surface area contributed by atoms with Crippen molar-refractivity contribution >= 4 is 5.97 Å². The van der Waals surface area contributed by atoms with E-state index in [1.54, 1.807) is 0 Å². The third kappa shape index (κ3) is 2.66. The van der Waals surface area contributed by atoms with Crippen LogP contribution in [0, 0.1) is 0 Å². The SMILES string of the molecule is CC(=O)OCCC1C=CCN1C. The number of likely N-dealkylation sites (N-methyl/N-ethyl adjacent to an activating group) is 1. The summed E-state index contributed by atoms with van der Waals surface area (Å²) in [5.74, 6) is -0.195. The fourth-order valence-electron chi connectivity index (χ4n) is 1.31. The first-order valence-electron chi connectivity index (χ1n) is 4.20. The molecule has 0 aromatic carbocycles. The van der Waals surface area contributed by atoms with Gasteiger partial charge < -0.3 is 4.74 Å².